The summed E-state index contributed by atoms with van der Waals surface area (Å²) < 4.78 is 65.7. The Morgan fingerprint density at radius 2 is 1.01 bits per heavy atom. The van der Waals surface area contributed by atoms with E-state index in [1.54, 1.807) is 150 Å². The highest BCUT2D eigenvalue weighted by Gasteiger charge is 2.34. The number of nitrogens with zero attached hydrogens (tertiary/aromatic N) is 7. The molecule has 0 bridgehead atoms. The Morgan fingerprint density at radius 1 is 0.540 bits per heavy atom. The maximum Gasteiger partial charge on any atom is 0.323 e. The molecule has 2 aromatic carbocycles. The predicted octanol–water partition coefficient (Wildman–Crippen LogP) is 3.89. The molecule has 2 aromatic heterocycles. The molecule has 1 aliphatic heterocycles. The second-order valence-electron chi connectivity index (χ2n) is 32.9. The van der Waals surface area contributed by atoms with Gasteiger partial charge < -0.3 is 70.4 Å². The molecule has 35 nitrogen and oxygen atoms in total. The molecular formula is C77H121N15O20S. The van der Waals surface area contributed by atoms with Gasteiger partial charge in [0.2, 0.25) is 33.7 Å². The van der Waals surface area contributed by atoms with Crippen LogP contribution in [-0.2, 0) is 88.2 Å². The first-order valence-corrected chi connectivity index (χ1v) is 39.7. The van der Waals surface area contributed by atoms with Crippen molar-refractivity contribution in [1.82, 2.24) is 70.7 Å². The Hall–Kier alpha value is -9.36. The maximum absolute atomic E-state index is 14.6. The molecule has 5 rings (SSSR count). The van der Waals surface area contributed by atoms with Crippen molar-refractivity contribution in [2.45, 2.75) is 220 Å². The number of aromatic nitrogens is 4. The number of carboxylic acids is 1. The van der Waals surface area contributed by atoms with Crippen molar-refractivity contribution in [3.05, 3.63) is 65.6 Å². The Balaban J connectivity index is 1.21. The molecule has 5 amide bonds. The highest BCUT2D eigenvalue weighted by Crippen LogP contribution is 2.27. The lowest BCUT2D eigenvalue weighted by Crippen LogP contribution is -2.56. The SMILES string of the molecule is Cc1cc(OCCCC(=O)NCCNC(=O)C(CCC(=O)OC(C)(C)C)NC(=O)[C@H](CCC(=O)OC(C)(C)C)NC(=O)CN2CCN(CC(=O)OC(C)(C)C)CCN(CC(=O)OC(C)(C)C)CCN(CC(=O)OC(C)(C)C)CC2)cc(C)c1S(=O)(=O)N[C@@H](CNC(=O)c1ccc2c(cnn2CCCNc2ncc[nH]2)c1)C(=O)O. The van der Waals surface area contributed by atoms with E-state index in [9.17, 15) is 66.3 Å². The molecule has 0 spiro atoms. The Kier molecular flexibility index (Phi) is 36.0. The monoisotopic (exact) mass is 1610 g/mol. The van der Waals surface area contributed by atoms with E-state index in [2.05, 4.69) is 51.7 Å². The van der Waals surface area contributed by atoms with Gasteiger partial charge in [0.25, 0.3) is 5.91 Å². The minimum Gasteiger partial charge on any atom is -0.494 e. The van der Waals surface area contributed by atoms with Crippen LogP contribution in [0.4, 0.5) is 5.95 Å². The highest BCUT2D eigenvalue weighted by molar-refractivity contribution is 7.89. The fraction of sp³-hybridized carbons (Fsp3) is 0.649. The Labute approximate surface area is 662 Å². The predicted molar refractivity (Wildman–Crippen MR) is 419 cm³/mol. The molecule has 4 aromatic rings. The number of amides is 5. The fourth-order valence-electron chi connectivity index (χ4n) is 11.8. The number of carboxylic acid groups (broad SMARTS) is 1. The average Bonchev–Trinajstić information content (AvgIpc) is 1.71. The van der Waals surface area contributed by atoms with Gasteiger partial charge in [0.15, 0.2) is 5.95 Å². The number of benzene rings is 2. The minimum absolute atomic E-state index is 0.0110. The van der Waals surface area contributed by atoms with E-state index in [1.807, 2.05) is 14.7 Å². The van der Waals surface area contributed by atoms with E-state index in [4.69, 9.17) is 28.4 Å². The van der Waals surface area contributed by atoms with Crippen LogP contribution in [0, 0.1) is 13.8 Å². The summed E-state index contributed by atoms with van der Waals surface area (Å²) in [5.41, 5.74) is -2.73. The van der Waals surface area contributed by atoms with Crippen molar-refractivity contribution in [3.63, 3.8) is 0 Å². The summed E-state index contributed by atoms with van der Waals surface area (Å²) in [4.78, 5) is 163. The maximum atomic E-state index is 14.6. The van der Waals surface area contributed by atoms with Crippen LogP contribution in [0.2, 0.25) is 0 Å². The van der Waals surface area contributed by atoms with E-state index in [1.165, 1.54) is 26.0 Å². The molecule has 3 heterocycles. The summed E-state index contributed by atoms with van der Waals surface area (Å²) >= 11 is 0. The second-order valence-corrected chi connectivity index (χ2v) is 34.5. The number of esters is 5. The summed E-state index contributed by atoms with van der Waals surface area (Å²) in [5, 5.41) is 31.7. The Bertz CT molecular complexity index is 3920. The van der Waals surface area contributed by atoms with Crippen LogP contribution in [-0.4, -0.2) is 276 Å². The first kappa shape index (κ1) is 94.2. The Morgan fingerprint density at radius 3 is 1.48 bits per heavy atom. The number of hydrogen-bond acceptors (Lipinski definition) is 26. The number of nitrogens with one attached hydrogen (secondary N) is 8. The van der Waals surface area contributed by atoms with Crippen molar-refractivity contribution in [2.75, 3.05) is 117 Å². The van der Waals surface area contributed by atoms with Crippen LogP contribution in [0.25, 0.3) is 10.9 Å². The molecule has 0 radical (unpaired) electrons. The molecule has 36 heteroatoms. The van der Waals surface area contributed by atoms with Gasteiger partial charge in [-0.25, -0.2) is 13.4 Å². The first-order chi connectivity index (χ1) is 52.6. The van der Waals surface area contributed by atoms with Crippen LogP contribution in [0.5, 0.6) is 5.75 Å². The van der Waals surface area contributed by atoms with Gasteiger partial charge in [0, 0.05) is 128 Å². The van der Waals surface area contributed by atoms with E-state index in [-0.39, 0.29) is 151 Å². The number of anilines is 1. The van der Waals surface area contributed by atoms with Crippen molar-refractivity contribution in [1.29, 1.82) is 0 Å². The van der Waals surface area contributed by atoms with Crippen molar-refractivity contribution in [3.8, 4) is 5.75 Å². The lowest BCUT2D eigenvalue weighted by Gasteiger charge is -2.34. The van der Waals surface area contributed by atoms with Gasteiger partial charge in [-0.3, -0.25) is 77.0 Å². The number of ether oxygens (including phenoxy) is 6. The number of H-pyrrole nitrogens is 1. The molecule has 1 fully saturated rings. The summed E-state index contributed by atoms with van der Waals surface area (Å²) in [6.45, 7) is 30.4. The van der Waals surface area contributed by atoms with Crippen LogP contribution in [0.3, 0.4) is 0 Å². The number of fused-ring (bicyclic) bond motifs is 1. The molecule has 630 valence electrons. The van der Waals surface area contributed by atoms with Crippen LogP contribution in [0.1, 0.15) is 170 Å². The third kappa shape index (κ3) is 37.0. The van der Waals surface area contributed by atoms with E-state index in [0.717, 1.165) is 11.9 Å². The smallest absolute Gasteiger partial charge is 0.323 e. The van der Waals surface area contributed by atoms with Crippen molar-refractivity contribution in [2.24, 2.45) is 0 Å². The first-order valence-electron chi connectivity index (χ1n) is 38.2. The number of hydrogen-bond donors (Lipinski definition) is 9. The number of carbonyl (C=O) groups is 11. The number of aliphatic carboxylic acids is 1. The average molecular weight is 1610 g/mol. The van der Waals surface area contributed by atoms with Gasteiger partial charge in [-0.1, -0.05) is 0 Å². The van der Waals surface area contributed by atoms with Gasteiger partial charge >= 0.3 is 35.8 Å². The van der Waals surface area contributed by atoms with Crippen LogP contribution >= 0.6 is 0 Å². The standard InChI is InChI=1S/C77H121N15O20S/c1-51-42-55(43-52(2)67(51)113(105,106)87-58(71(103)104)46-83-68(100)53-21-24-59-54(44-53)45-84-92(59)32-19-27-80-72-81-30-31-82-72)107-41-18-20-60(93)78-28-29-79-69(101)56(22-25-62(95)108-73(3,4)5)86-70(102)57(23-26-63(96)109-74(6,7)8)85-61(94)47-88-33-35-89(48-64(97)110-75(9,10)11)37-39-91(50-66(99)112-77(15,16)17)40-38-90(36-34-88)49-65(98)111-76(12,13)14/h21,24,30-31,42-45,56-58,87H,18-20,22-23,25-29,32-41,46-50H2,1-17H3,(H,78,93)(H,79,101)(H,83,100)(H,85,94)(H,86,102)(H,103,104)(H2,80,81,82)/t56?,57-,58-/m0/s1. The fourth-order valence-corrected chi connectivity index (χ4v) is 13.5. The van der Waals surface area contributed by atoms with E-state index >= 15 is 0 Å². The minimum atomic E-state index is -4.50. The van der Waals surface area contributed by atoms with E-state index in [0.29, 0.717) is 37.5 Å². The van der Waals surface area contributed by atoms with Gasteiger partial charge in [0.1, 0.15) is 51.9 Å². The highest BCUT2D eigenvalue weighted by atomic mass is 32.2. The zero-order valence-electron chi connectivity index (χ0n) is 68.8. The summed E-state index contributed by atoms with van der Waals surface area (Å²) in [6, 6.07) is 3.17. The second kappa shape index (κ2) is 43.2. The number of aryl methyl sites for hydroxylation is 3. The number of rotatable bonds is 38. The van der Waals surface area contributed by atoms with Gasteiger partial charge in [-0.15, -0.1) is 0 Å². The number of aromatic amines is 1. The van der Waals surface area contributed by atoms with E-state index < -0.39 is 128 Å². The third-order valence-corrected chi connectivity index (χ3v) is 18.4. The zero-order chi connectivity index (χ0) is 84.2. The quantitative estimate of drug-likeness (QED) is 0.0175. The van der Waals surface area contributed by atoms with Crippen LogP contribution < -0.4 is 41.4 Å². The molecule has 1 saturated heterocycles. The summed E-state index contributed by atoms with van der Waals surface area (Å²) in [7, 11) is -4.50. The van der Waals surface area contributed by atoms with Gasteiger partial charge in [0.05, 0.1) is 49.4 Å². The zero-order valence-corrected chi connectivity index (χ0v) is 69.6. The lowest BCUT2D eigenvalue weighted by atomic mass is 10.1. The largest absolute Gasteiger partial charge is 0.494 e. The lowest BCUT2D eigenvalue weighted by molar-refractivity contribution is -0.158. The molecule has 9 N–H and O–H groups in total. The van der Waals surface area contributed by atoms with Crippen molar-refractivity contribution >= 4 is 92.2 Å². The van der Waals surface area contributed by atoms with Crippen LogP contribution in [0.15, 0.2) is 53.8 Å². The number of imidazole rings is 1. The molecule has 1 aliphatic rings. The van der Waals surface area contributed by atoms with Gasteiger partial charge in [-0.2, -0.15) is 9.82 Å². The molecule has 113 heavy (non-hydrogen) atoms. The molecule has 0 saturated carbocycles. The molecular weight excluding hydrogens is 1490 g/mol. The summed E-state index contributed by atoms with van der Waals surface area (Å²) in [6.07, 6.45) is 4.59. The number of sulfonamides is 1. The topological polar surface area (TPSA) is 441 Å². The normalized spacial score (nSPS) is 15.0. The number of carbonyl (C=O) groups excluding carboxylic acids is 10. The molecule has 1 unspecified atom stereocenters. The summed E-state index contributed by atoms with van der Waals surface area (Å²) in [5.74, 6) is -6.80. The van der Waals surface area contributed by atoms with Gasteiger partial charge in [-0.05, 0) is 185 Å². The molecule has 0 aliphatic carbocycles. The molecule has 3 atom stereocenters. The third-order valence-electron chi connectivity index (χ3n) is 16.6. The van der Waals surface area contributed by atoms with Crippen molar-refractivity contribution < 1.29 is 94.7 Å².